The van der Waals surface area contributed by atoms with Crippen LogP contribution in [0.1, 0.15) is 28.5 Å². The van der Waals surface area contributed by atoms with Crippen molar-refractivity contribution in [3.8, 4) is 5.75 Å². The molecule has 1 aromatic heterocycles. The first kappa shape index (κ1) is 20.3. The first-order chi connectivity index (χ1) is 14.0. The topological polar surface area (TPSA) is 77.5 Å². The van der Waals surface area contributed by atoms with Crippen LogP contribution < -0.4 is 10.1 Å². The van der Waals surface area contributed by atoms with Crippen LogP contribution in [0.15, 0.2) is 54.6 Å². The first-order valence-electron chi connectivity index (χ1n) is 9.46. The number of aryl methyl sites for hydroxylation is 1. The number of hydrogen-bond acceptors (Lipinski definition) is 5. The Balaban J connectivity index is 1.57. The highest BCUT2D eigenvalue weighted by atomic mass is 16.5. The van der Waals surface area contributed by atoms with Gasteiger partial charge in [-0.1, -0.05) is 30.3 Å². The lowest BCUT2D eigenvalue weighted by molar-refractivity contribution is -0.129. The van der Waals surface area contributed by atoms with Crippen LogP contribution in [-0.4, -0.2) is 36.6 Å². The number of nitrogens with one attached hydrogen (secondary N) is 1. The molecule has 150 valence electrons. The second-order valence-corrected chi connectivity index (χ2v) is 6.76. The number of carbonyl (C=O) groups excluding carboxylic acids is 2. The number of pyridine rings is 1. The number of amides is 1. The SMILES string of the molecule is COc1ccc(CCNC(=O)[C@H](C)OC(=O)c2cc(C)nc3ccccc23)cc1. The largest absolute Gasteiger partial charge is 0.497 e. The van der Waals surface area contributed by atoms with Gasteiger partial charge in [0.25, 0.3) is 5.91 Å². The molecule has 0 aliphatic rings. The molecule has 0 spiro atoms. The Morgan fingerprint density at radius 1 is 1.10 bits per heavy atom. The molecular formula is C23H24N2O4. The standard InChI is InChI=1S/C23H24N2O4/c1-15-14-20(19-6-4-5-7-21(19)25-15)23(27)29-16(2)22(26)24-13-12-17-8-10-18(28-3)11-9-17/h4-11,14,16H,12-13H2,1-3H3,(H,24,26)/t16-/m0/s1. The highest BCUT2D eigenvalue weighted by Gasteiger charge is 2.20. The van der Waals surface area contributed by atoms with Crippen molar-refractivity contribution < 1.29 is 19.1 Å². The van der Waals surface area contributed by atoms with Crippen LogP contribution in [0.2, 0.25) is 0 Å². The number of benzene rings is 2. The summed E-state index contributed by atoms with van der Waals surface area (Å²) in [6.45, 7) is 3.83. The smallest absolute Gasteiger partial charge is 0.339 e. The molecule has 0 radical (unpaired) electrons. The molecular weight excluding hydrogens is 368 g/mol. The molecule has 0 aliphatic heterocycles. The monoisotopic (exact) mass is 392 g/mol. The summed E-state index contributed by atoms with van der Waals surface area (Å²) in [5.74, 6) is -0.0800. The molecule has 3 aromatic rings. The van der Waals surface area contributed by atoms with E-state index in [1.165, 1.54) is 0 Å². The quantitative estimate of drug-likeness (QED) is 0.623. The van der Waals surface area contributed by atoms with Crippen molar-refractivity contribution in [1.29, 1.82) is 0 Å². The summed E-state index contributed by atoms with van der Waals surface area (Å²) in [7, 11) is 1.62. The maximum absolute atomic E-state index is 12.6. The molecule has 0 saturated carbocycles. The predicted octanol–water partition coefficient (Wildman–Crippen LogP) is 3.46. The molecule has 1 heterocycles. The molecule has 6 heteroatoms. The summed E-state index contributed by atoms with van der Waals surface area (Å²) in [5, 5.41) is 3.51. The highest BCUT2D eigenvalue weighted by Crippen LogP contribution is 2.19. The van der Waals surface area contributed by atoms with E-state index in [0.29, 0.717) is 29.6 Å². The van der Waals surface area contributed by atoms with Crippen molar-refractivity contribution in [1.82, 2.24) is 10.3 Å². The Morgan fingerprint density at radius 3 is 2.55 bits per heavy atom. The average Bonchev–Trinajstić information content (AvgIpc) is 2.73. The first-order valence-corrected chi connectivity index (χ1v) is 9.46. The van der Waals surface area contributed by atoms with Crippen LogP contribution in [0.4, 0.5) is 0 Å². The lowest BCUT2D eigenvalue weighted by atomic mass is 10.1. The van der Waals surface area contributed by atoms with E-state index >= 15 is 0 Å². The second kappa shape index (κ2) is 9.19. The maximum atomic E-state index is 12.6. The molecule has 0 aliphatic carbocycles. The Morgan fingerprint density at radius 2 is 1.83 bits per heavy atom. The van der Waals surface area contributed by atoms with E-state index in [1.54, 1.807) is 20.1 Å². The van der Waals surface area contributed by atoms with Crippen molar-refractivity contribution >= 4 is 22.8 Å². The van der Waals surface area contributed by atoms with Crippen molar-refractivity contribution in [3.05, 3.63) is 71.4 Å². The van der Waals surface area contributed by atoms with Gasteiger partial charge in [0.1, 0.15) is 5.75 Å². The number of esters is 1. The van der Waals surface area contributed by atoms with Crippen LogP contribution in [0.25, 0.3) is 10.9 Å². The number of hydrogen-bond donors (Lipinski definition) is 1. The summed E-state index contributed by atoms with van der Waals surface area (Å²) < 4.78 is 10.5. The summed E-state index contributed by atoms with van der Waals surface area (Å²) in [4.78, 5) is 29.4. The van der Waals surface area contributed by atoms with Gasteiger partial charge in [0.15, 0.2) is 6.10 Å². The van der Waals surface area contributed by atoms with E-state index < -0.39 is 12.1 Å². The van der Waals surface area contributed by atoms with Gasteiger partial charge < -0.3 is 14.8 Å². The minimum absolute atomic E-state index is 0.332. The molecule has 0 saturated heterocycles. The Hall–Kier alpha value is -3.41. The summed E-state index contributed by atoms with van der Waals surface area (Å²) >= 11 is 0. The maximum Gasteiger partial charge on any atom is 0.339 e. The highest BCUT2D eigenvalue weighted by molar-refractivity contribution is 6.04. The van der Waals surface area contributed by atoms with Crippen molar-refractivity contribution in [2.45, 2.75) is 26.4 Å². The summed E-state index contributed by atoms with van der Waals surface area (Å²) in [5.41, 5.74) is 2.92. The number of aromatic nitrogens is 1. The predicted molar refractivity (Wildman–Crippen MR) is 111 cm³/mol. The number of rotatable bonds is 7. The molecule has 1 amide bonds. The lowest BCUT2D eigenvalue weighted by Gasteiger charge is -2.15. The van der Waals surface area contributed by atoms with Gasteiger partial charge >= 0.3 is 5.97 Å². The summed E-state index contributed by atoms with van der Waals surface area (Å²) in [6.07, 6.45) is -0.226. The Labute approximate surface area is 169 Å². The molecule has 0 bridgehead atoms. The van der Waals surface area contributed by atoms with Gasteiger partial charge in [-0.05, 0) is 50.1 Å². The average molecular weight is 392 g/mol. The zero-order chi connectivity index (χ0) is 20.8. The number of nitrogens with zero attached hydrogens (tertiary/aromatic N) is 1. The van der Waals surface area contributed by atoms with Crippen molar-refractivity contribution in [3.63, 3.8) is 0 Å². The van der Waals surface area contributed by atoms with E-state index in [2.05, 4.69) is 10.3 Å². The van der Waals surface area contributed by atoms with Crippen LogP contribution in [0.5, 0.6) is 5.75 Å². The Kier molecular flexibility index (Phi) is 6.44. The van der Waals surface area contributed by atoms with E-state index in [9.17, 15) is 9.59 Å². The van der Waals surface area contributed by atoms with E-state index in [-0.39, 0.29) is 5.91 Å². The minimum atomic E-state index is -0.898. The second-order valence-electron chi connectivity index (χ2n) is 6.76. The third-order valence-electron chi connectivity index (χ3n) is 4.59. The molecule has 2 aromatic carbocycles. The van der Waals surface area contributed by atoms with Gasteiger partial charge in [-0.15, -0.1) is 0 Å². The lowest BCUT2D eigenvalue weighted by Crippen LogP contribution is -2.37. The van der Waals surface area contributed by atoms with Gasteiger partial charge in [-0.3, -0.25) is 9.78 Å². The minimum Gasteiger partial charge on any atom is -0.497 e. The van der Waals surface area contributed by atoms with Crippen molar-refractivity contribution in [2.24, 2.45) is 0 Å². The molecule has 1 N–H and O–H groups in total. The molecule has 3 rings (SSSR count). The number of fused-ring (bicyclic) bond motifs is 1. The van der Waals surface area contributed by atoms with Gasteiger partial charge in [-0.2, -0.15) is 0 Å². The fourth-order valence-electron chi connectivity index (χ4n) is 3.02. The molecule has 0 fully saturated rings. The Bertz CT molecular complexity index is 1020. The molecule has 29 heavy (non-hydrogen) atoms. The van der Waals surface area contributed by atoms with E-state index in [1.807, 2.05) is 55.5 Å². The van der Waals surface area contributed by atoms with Crippen LogP contribution in [0, 0.1) is 6.92 Å². The van der Waals surface area contributed by atoms with E-state index in [4.69, 9.17) is 9.47 Å². The number of ether oxygens (including phenoxy) is 2. The fraction of sp³-hybridized carbons (Fsp3) is 0.261. The number of para-hydroxylation sites is 1. The molecule has 0 unspecified atom stereocenters. The number of carbonyl (C=O) groups is 2. The van der Waals surface area contributed by atoms with Gasteiger partial charge in [0.05, 0.1) is 18.2 Å². The van der Waals surface area contributed by atoms with Gasteiger partial charge in [0.2, 0.25) is 0 Å². The zero-order valence-electron chi connectivity index (χ0n) is 16.8. The van der Waals surface area contributed by atoms with Crippen LogP contribution in [0.3, 0.4) is 0 Å². The van der Waals surface area contributed by atoms with Gasteiger partial charge in [-0.25, -0.2) is 4.79 Å². The van der Waals surface area contributed by atoms with Crippen molar-refractivity contribution in [2.75, 3.05) is 13.7 Å². The summed E-state index contributed by atoms with van der Waals surface area (Å²) in [6, 6.07) is 16.7. The third kappa shape index (κ3) is 5.10. The zero-order valence-corrected chi connectivity index (χ0v) is 16.8. The van der Waals surface area contributed by atoms with Gasteiger partial charge in [0, 0.05) is 17.6 Å². The van der Waals surface area contributed by atoms with Crippen LogP contribution >= 0.6 is 0 Å². The van der Waals surface area contributed by atoms with E-state index in [0.717, 1.165) is 16.8 Å². The number of methoxy groups -OCH3 is 1. The fourth-order valence-corrected chi connectivity index (χ4v) is 3.02. The molecule has 1 atom stereocenters. The normalized spacial score (nSPS) is 11.7. The molecule has 6 nitrogen and oxygen atoms in total. The third-order valence-corrected chi connectivity index (χ3v) is 4.59. The van der Waals surface area contributed by atoms with Crippen LogP contribution in [-0.2, 0) is 16.0 Å².